The summed E-state index contributed by atoms with van der Waals surface area (Å²) in [6.45, 7) is 8.52. The molecule has 1 atom stereocenters. The number of benzene rings is 3. The molecule has 1 aliphatic heterocycles. The minimum atomic E-state index is -0.558. The van der Waals surface area contributed by atoms with Gasteiger partial charge in [-0.2, -0.15) is 0 Å². The maximum Gasteiger partial charge on any atom is 0.340 e. The standard InChI is InChI=1S/C32H32N2O5/c1-20-10-9-13-27(22(20)3)33-28-12-6-5-11-25(28)32(36)38-19-29(35)26-16-21(2)34(23(26)4)17-24-18-37-30-14-7-8-15-31(30)39-24/h5-16,24,33H,17-19H2,1-4H3. The highest BCUT2D eigenvalue weighted by Gasteiger charge is 2.24. The third-order valence-electron chi connectivity index (χ3n) is 7.18. The van der Waals surface area contributed by atoms with E-state index < -0.39 is 5.97 Å². The zero-order valence-corrected chi connectivity index (χ0v) is 22.6. The number of anilines is 2. The van der Waals surface area contributed by atoms with Gasteiger partial charge in [0.2, 0.25) is 5.78 Å². The number of aryl methyl sites for hydroxylation is 2. The predicted octanol–water partition coefficient (Wildman–Crippen LogP) is 6.35. The summed E-state index contributed by atoms with van der Waals surface area (Å²) in [4.78, 5) is 26.1. The molecule has 0 radical (unpaired) electrons. The number of Topliss-reactive ketones (excluding diaryl/α,β-unsaturated/α-hetero) is 1. The van der Waals surface area contributed by atoms with Gasteiger partial charge in [-0.3, -0.25) is 4.79 Å². The molecule has 7 nitrogen and oxygen atoms in total. The molecule has 0 fully saturated rings. The number of carbonyl (C=O) groups excluding carboxylic acids is 2. The van der Waals surface area contributed by atoms with E-state index in [1.54, 1.807) is 12.1 Å². The van der Waals surface area contributed by atoms with E-state index in [-0.39, 0.29) is 18.5 Å². The highest BCUT2D eigenvalue weighted by Crippen LogP contribution is 2.32. The normalized spacial score (nSPS) is 14.1. The zero-order valence-electron chi connectivity index (χ0n) is 22.6. The average Bonchev–Trinajstić information content (AvgIpc) is 3.22. The first-order valence-electron chi connectivity index (χ1n) is 13.0. The fourth-order valence-electron chi connectivity index (χ4n) is 4.81. The molecule has 0 amide bonds. The maximum atomic E-state index is 13.1. The Hall–Kier alpha value is -4.52. The van der Waals surface area contributed by atoms with Gasteiger partial charge < -0.3 is 24.1 Å². The van der Waals surface area contributed by atoms with Crippen LogP contribution < -0.4 is 14.8 Å². The van der Waals surface area contributed by atoms with Crippen molar-refractivity contribution in [2.45, 2.75) is 40.3 Å². The zero-order chi connectivity index (χ0) is 27.5. The number of carbonyl (C=O) groups is 2. The minimum Gasteiger partial charge on any atom is -0.486 e. The molecule has 0 aliphatic carbocycles. The van der Waals surface area contributed by atoms with Gasteiger partial charge in [-0.15, -0.1) is 0 Å². The molecule has 7 heteroatoms. The summed E-state index contributed by atoms with van der Waals surface area (Å²) in [7, 11) is 0. The van der Waals surface area contributed by atoms with Gasteiger partial charge in [0, 0.05) is 22.6 Å². The average molecular weight is 525 g/mol. The van der Waals surface area contributed by atoms with Crippen LogP contribution in [0.1, 0.15) is 43.2 Å². The van der Waals surface area contributed by atoms with E-state index >= 15 is 0 Å². The van der Waals surface area contributed by atoms with Crippen molar-refractivity contribution in [1.29, 1.82) is 0 Å². The number of nitrogens with one attached hydrogen (secondary N) is 1. The molecule has 0 saturated heterocycles. The van der Waals surface area contributed by atoms with E-state index in [1.807, 2.05) is 92.9 Å². The summed E-state index contributed by atoms with van der Waals surface area (Å²) in [5, 5.41) is 3.34. The Balaban J connectivity index is 1.25. The Morgan fingerprint density at radius 2 is 1.62 bits per heavy atom. The second kappa shape index (κ2) is 11.1. The summed E-state index contributed by atoms with van der Waals surface area (Å²) in [6.07, 6.45) is -0.188. The number of aromatic nitrogens is 1. The fourth-order valence-corrected chi connectivity index (χ4v) is 4.81. The van der Waals surface area contributed by atoms with E-state index in [9.17, 15) is 9.59 Å². The molecule has 2 heterocycles. The van der Waals surface area contributed by atoms with Crippen LogP contribution in [0, 0.1) is 27.7 Å². The Kier molecular flexibility index (Phi) is 7.41. The van der Waals surface area contributed by atoms with Crippen molar-refractivity contribution in [3.8, 4) is 11.5 Å². The van der Waals surface area contributed by atoms with Crippen molar-refractivity contribution in [2.24, 2.45) is 0 Å². The third kappa shape index (κ3) is 5.53. The number of hydrogen-bond donors (Lipinski definition) is 1. The number of para-hydroxylation sites is 3. The van der Waals surface area contributed by atoms with Gasteiger partial charge in [0.1, 0.15) is 6.61 Å². The lowest BCUT2D eigenvalue weighted by Crippen LogP contribution is -2.33. The van der Waals surface area contributed by atoms with Gasteiger partial charge in [-0.05, 0) is 75.2 Å². The molecule has 1 aromatic heterocycles. The van der Waals surface area contributed by atoms with Gasteiger partial charge in [-0.1, -0.05) is 36.4 Å². The van der Waals surface area contributed by atoms with Crippen molar-refractivity contribution >= 4 is 23.1 Å². The van der Waals surface area contributed by atoms with Gasteiger partial charge in [-0.25, -0.2) is 4.79 Å². The maximum absolute atomic E-state index is 13.1. The predicted molar refractivity (Wildman–Crippen MR) is 151 cm³/mol. The molecule has 1 unspecified atom stereocenters. The molecule has 5 rings (SSSR count). The van der Waals surface area contributed by atoms with Crippen LogP contribution in [0.3, 0.4) is 0 Å². The Morgan fingerprint density at radius 3 is 2.44 bits per heavy atom. The number of ketones is 1. The number of nitrogens with zero attached hydrogens (tertiary/aromatic N) is 1. The van der Waals surface area contributed by atoms with Crippen LogP contribution in [0.2, 0.25) is 0 Å². The lowest BCUT2D eigenvalue weighted by atomic mass is 10.1. The SMILES string of the molecule is Cc1cccc(Nc2ccccc2C(=O)OCC(=O)c2cc(C)n(CC3COc4ccccc4O3)c2C)c1C. The molecule has 1 N–H and O–H groups in total. The Bertz CT molecular complexity index is 1540. The second-order valence-corrected chi connectivity index (χ2v) is 9.81. The lowest BCUT2D eigenvalue weighted by Gasteiger charge is -2.27. The van der Waals surface area contributed by atoms with Crippen molar-refractivity contribution in [2.75, 3.05) is 18.5 Å². The highest BCUT2D eigenvalue weighted by molar-refractivity contribution is 6.02. The molecule has 0 bridgehead atoms. The van der Waals surface area contributed by atoms with Gasteiger partial charge in [0.25, 0.3) is 0 Å². The Morgan fingerprint density at radius 1 is 0.897 bits per heavy atom. The highest BCUT2D eigenvalue weighted by atomic mass is 16.6. The Labute approximate surface area is 228 Å². The van der Waals surface area contributed by atoms with Crippen LogP contribution in [-0.2, 0) is 11.3 Å². The first-order chi connectivity index (χ1) is 18.8. The molecule has 3 aromatic carbocycles. The smallest absolute Gasteiger partial charge is 0.340 e. The topological polar surface area (TPSA) is 78.8 Å². The fraction of sp³-hybridized carbons (Fsp3) is 0.250. The van der Waals surface area contributed by atoms with E-state index in [2.05, 4.69) is 5.32 Å². The summed E-state index contributed by atoms with van der Waals surface area (Å²) in [5.74, 6) is 0.635. The van der Waals surface area contributed by atoms with Crippen LogP contribution in [0.25, 0.3) is 0 Å². The van der Waals surface area contributed by atoms with Crippen molar-refractivity contribution < 1.29 is 23.8 Å². The molecular weight excluding hydrogens is 492 g/mol. The molecular formula is C32H32N2O5. The van der Waals surface area contributed by atoms with Crippen molar-refractivity contribution in [1.82, 2.24) is 4.57 Å². The van der Waals surface area contributed by atoms with Crippen LogP contribution in [0.4, 0.5) is 11.4 Å². The first-order valence-corrected chi connectivity index (χ1v) is 13.0. The van der Waals surface area contributed by atoms with Gasteiger partial charge in [0.05, 0.1) is 17.8 Å². The van der Waals surface area contributed by atoms with Crippen LogP contribution >= 0.6 is 0 Å². The number of rotatable bonds is 8. The van der Waals surface area contributed by atoms with E-state index in [0.717, 1.165) is 34.0 Å². The summed E-state index contributed by atoms with van der Waals surface area (Å²) in [6, 6.07) is 22.5. The van der Waals surface area contributed by atoms with Crippen LogP contribution in [0.5, 0.6) is 11.5 Å². The number of hydrogen-bond acceptors (Lipinski definition) is 6. The van der Waals surface area contributed by atoms with Gasteiger partial charge >= 0.3 is 5.97 Å². The van der Waals surface area contributed by atoms with Crippen LogP contribution in [-0.4, -0.2) is 35.6 Å². The number of esters is 1. The molecule has 39 heavy (non-hydrogen) atoms. The lowest BCUT2D eigenvalue weighted by molar-refractivity contribution is 0.0475. The summed E-state index contributed by atoms with van der Waals surface area (Å²) in [5.41, 5.74) is 6.40. The monoisotopic (exact) mass is 524 g/mol. The minimum absolute atomic E-state index is 0.188. The van der Waals surface area contributed by atoms with E-state index in [4.69, 9.17) is 14.2 Å². The van der Waals surface area contributed by atoms with E-state index in [1.165, 1.54) is 0 Å². The third-order valence-corrected chi connectivity index (χ3v) is 7.18. The first kappa shape index (κ1) is 26.1. The number of fused-ring (bicyclic) bond motifs is 1. The van der Waals surface area contributed by atoms with Crippen molar-refractivity contribution in [3.63, 3.8) is 0 Å². The van der Waals surface area contributed by atoms with Gasteiger partial charge in [0.15, 0.2) is 24.2 Å². The molecule has 4 aromatic rings. The quantitative estimate of drug-likeness (QED) is 0.214. The van der Waals surface area contributed by atoms with E-state index in [0.29, 0.717) is 35.7 Å². The number of ether oxygens (including phenoxy) is 3. The van der Waals surface area contributed by atoms with Crippen LogP contribution in [0.15, 0.2) is 72.8 Å². The molecule has 200 valence electrons. The molecule has 1 aliphatic rings. The largest absolute Gasteiger partial charge is 0.486 e. The summed E-state index contributed by atoms with van der Waals surface area (Å²) < 4.78 is 19.5. The molecule has 0 saturated carbocycles. The second-order valence-electron chi connectivity index (χ2n) is 9.81. The summed E-state index contributed by atoms with van der Waals surface area (Å²) >= 11 is 0. The van der Waals surface area contributed by atoms with Crippen molar-refractivity contribution in [3.05, 3.63) is 106 Å². The molecule has 0 spiro atoms.